The van der Waals surface area contributed by atoms with Crippen LogP contribution in [0.25, 0.3) is 0 Å². The molecule has 21 heavy (non-hydrogen) atoms. The molecule has 1 amide bonds. The molecule has 0 spiro atoms. The van der Waals surface area contributed by atoms with Crippen molar-refractivity contribution in [3.63, 3.8) is 0 Å². The van der Waals surface area contributed by atoms with Crippen LogP contribution in [0.1, 0.15) is 19.3 Å². The van der Waals surface area contributed by atoms with Gasteiger partial charge in [0.05, 0.1) is 6.07 Å². The van der Waals surface area contributed by atoms with E-state index >= 15 is 0 Å². The minimum Gasteiger partial charge on any atom is -0.369 e. The van der Waals surface area contributed by atoms with Crippen molar-refractivity contribution < 1.29 is 4.79 Å². The molecule has 1 aromatic rings. The summed E-state index contributed by atoms with van der Waals surface area (Å²) in [5.41, 5.74) is 1.96. The first-order valence-electron chi connectivity index (χ1n) is 7.52. The molecule has 5 heteroatoms. The molecule has 0 radical (unpaired) electrons. The maximum atomic E-state index is 11.4. The van der Waals surface area contributed by atoms with Crippen molar-refractivity contribution in [2.75, 3.05) is 36.4 Å². The summed E-state index contributed by atoms with van der Waals surface area (Å²) >= 11 is 0. The van der Waals surface area contributed by atoms with Gasteiger partial charge in [-0.3, -0.25) is 9.69 Å². The fourth-order valence-corrected chi connectivity index (χ4v) is 3.26. The van der Waals surface area contributed by atoms with Gasteiger partial charge in [0.2, 0.25) is 5.91 Å². The quantitative estimate of drug-likeness (QED) is 0.920. The molecule has 3 rings (SSSR count). The van der Waals surface area contributed by atoms with Crippen molar-refractivity contribution in [3.8, 4) is 6.07 Å². The molecule has 0 aliphatic carbocycles. The molecule has 1 N–H and O–H groups in total. The van der Waals surface area contributed by atoms with Crippen LogP contribution in [0.2, 0.25) is 0 Å². The van der Waals surface area contributed by atoms with Crippen LogP contribution in [0.5, 0.6) is 0 Å². The van der Waals surface area contributed by atoms with E-state index in [1.165, 1.54) is 25.1 Å². The van der Waals surface area contributed by atoms with E-state index in [9.17, 15) is 4.79 Å². The third-order valence-electron chi connectivity index (χ3n) is 4.34. The Morgan fingerprint density at radius 3 is 2.86 bits per heavy atom. The molecule has 110 valence electrons. The third-order valence-corrected chi connectivity index (χ3v) is 4.34. The summed E-state index contributed by atoms with van der Waals surface area (Å²) in [5, 5.41) is 11.2. The predicted octanol–water partition coefficient (Wildman–Crippen LogP) is 1.82. The van der Waals surface area contributed by atoms with Crippen molar-refractivity contribution in [1.82, 2.24) is 4.90 Å². The molecule has 2 heterocycles. The van der Waals surface area contributed by atoms with Crippen LogP contribution in [0.4, 0.5) is 11.4 Å². The molecular formula is C16H20N4O. The number of piperazine rings is 1. The number of carbonyl (C=O) groups excluding carboxylic acids is 1. The molecule has 2 aliphatic heterocycles. The van der Waals surface area contributed by atoms with Crippen molar-refractivity contribution in [2.45, 2.75) is 25.3 Å². The Bertz CT molecular complexity index is 548. The van der Waals surface area contributed by atoms with Crippen LogP contribution < -0.4 is 10.2 Å². The number of nitriles is 1. The normalized spacial score (nSPS) is 21.7. The van der Waals surface area contributed by atoms with E-state index in [0.29, 0.717) is 6.04 Å². The second kappa shape index (κ2) is 6.15. The topological polar surface area (TPSA) is 59.4 Å². The number of anilines is 2. The summed E-state index contributed by atoms with van der Waals surface area (Å²) in [6.07, 6.45) is 2.52. The van der Waals surface area contributed by atoms with Gasteiger partial charge >= 0.3 is 0 Å². The van der Waals surface area contributed by atoms with E-state index in [1.807, 2.05) is 30.3 Å². The third kappa shape index (κ3) is 3.17. The second-order valence-electron chi connectivity index (χ2n) is 5.71. The number of nitrogens with one attached hydrogen (secondary N) is 1. The highest BCUT2D eigenvalue weighted by atomic mass is 16.1. The fourth-order valence-electron chi connectivity index (χ4n) is 3.26. The number of fused-ring (bicyclic) bond motifs is 1. The molecule has 0 saturated carbocycles. The Labute approximate surface area is 125 Å². The Morgan fingerprint density at radius 2 is 2.10 bits per heavy atom. The van der Waals surface area contributed by atoms with E-state index in [2.05, 4.69) is 15.1 Å². The first-order valence-corrected chi connectivity index (χ1v) is 7.52. The number of hydrogen-bond donors (Lipinski definition) is 1. The van der Waals surface area contributed by atoms with Crippen molar-refractivity contribution in [3.05, 3.63) is 24.3 Å². The first kappa shape index (κ1) is 13.9. The Balaban J connectivity index is 1.62. The summed E-state index contributed by atoms with van der Waals surface area (Å²) in [7, 11) is 0. The van der Waals surface area contributed by atoms with Crippen molar-refractivity contribution in [1.29, 1.82) is 5.26 Å². The summed E-state index contributed by atoms with van der Waals surface area (Å²) in [5.74, 6) is -0.259. The maximum Gasteiger partial charge on any atom is 0.238 e. The molecule has 1 unspecified atom stereocenters. The van der Waals surface area contributed by atoms with Crippen LogP contribution >= 0.6 is 0 Å². The molecular weight excluding hydrogens is 264 g/mol. The maximum absolute atomic E-state index is 11.4. The predicted molar refractivity (Wildman–Crippen MR) is 82.1 cm³/mol. The van der Waals surface area contributed by atoms with Crippen LogP contribution in [-0.2, 0) is 4.79 Å². The Hall–Kier alpha value is -2.06. The molecule has 2 saturated heterocycles. The zero-order chi connectivity index (χ0) is 14.7. The smallest absolute Gasteiger partial charge is 0.238 e. The van der Waals surface area contributed by atoms with Crippen LogP contribution in [-0.4, -0.2) is 43.0 Å². The van der Waals surface area contributed by atoms with E-state index in [-0.39, 0.29) is 12.3 Å². The average Bonchev–Trinajstić information content (AvgIpc) is 2.95. The summed E-state index contributed by atoms with van der Waals surface area (Å²) in [6.45, 7) is 4.56. The average molecular weight is 284 g/mol. The molecule has 2 aliphatic rings. The molecule has 0 bridgehead atoms. The van der Waals surface area contributed by atoms with E-state index in [1.54, 1.807) is 0 Å². The summed E-state index contributed by atoms with van der Waals surface area (Å²) < 4.78 is 0. The van der Waals surface area contributed by atoms with Gasteiger partial charge in [0.25, 0.3) is 0 Å². The minimum absolute atomic E-state index is 0.106. The SMILES string of the molecule is N#CCC(=O)Nc1ccc(N2CCN3CCCC3C2)cc1. The lowest BCUT2D eigenvalue weighted by Gasteiger charge is -2.38. The molecule has 1 atom stereocenters. The van der Waals surface area contributed by atoms with Gasteiger partial charge in [-0.1, -0.05) is 0 Å². The number of benzene rings is 1. The van der Waals surface area contributed by atoms with Crippen molar-refractivity contribution in [2.24, 2.45) is 0 Å². The van der Waals surface area contributed by atoms with Gasteiger partial charge in [-0.15, -0.1) is 0 Å². The van der Waals surface area contributed by atoms with Crippen LogP contribution in [0.3, 0.4) is 0 Å². The van der Waals surface area contributed by atoms with Crippen LogP contribution in [0, 0.1) is 11.3 Å². The highest BCUT2D eigenvalue weighted by Crippen LogP contribution is 2.26. The lowest BCUT2D eigenvalue weighted by molar-refractivity contribution is -0.115. The van der Waals surface area contributed by atoms with E-state index in [0.717, 1.165) is 25.3 Å². The number of amides is 1. The highest BCUT2D eigenvalue weighted by molar-refractivity contribution is 5.92. The van der Waals surface area contributed by atoms with Gasteiger partial charge in [-0.25, -0.2) is 0 Å². The Morgan fingerprint density at radius 1 is 1.29 bits per heavy atom. The van der Waals surface area contributed by atoms with E-state index < -0.39 is 0 Å². The lowest BCUT2D eigenvalue weighted by Crippen LogP contribution is -2.50. The highest BCUT2D eigenvalue weighted by Gasteiger charge is 2.30. The minimum atomic E-state index is -0.259. The number of nitrogens with zero attached hydrogens (tertiary/aromatic N) is 3. The van der Waals surface area contributed by atoms with Gasteiger partial charge in [-0.05, 0) is 43.7 Å². The number of rotatable bonds is 3. The van der Waals surface area contributed by atoms with Gasteiger partial charge in [0.15, 0.2) is 0 Å². The van der Waals surface area contributed by atoms with Gasteiger partial charge in [0, 0.05) is 37.1 Å². The van der Waals surface area contributed by atoms with Gasteiger partial charge in [0.1, 0.15) is 6.42 Å². The first-order chi connectivity index (χ1) is 10.3. The van der Waals surface area contributed by atoms with Crippen LogP contribution in [0.15, 0.2) is 24.3 Å². The summed E-state index contributed by atoms with van der Waals surface area (Å²) in [4.78, 5) is 16.4. The molecule has 0 aromatic heterocycles. The summed E-state index contributed by atoms with van der Waals surface area (Å²) in [6, 6.07) is 10.5. The zero-order valence-electron chi connectivity index (χ0n) is 12.1. The zero-order valence-corrected chi connectivity index (χ0v) is 12.1. The Kier molecular flexibility index (Phi) is 4.07. The largest absolute Gasteiger partial charge is 0.369 e. The molecule has 2 fully saturated rings. The number of hydrogen-bond acceptors (Lipinski definition) is 4. The standard InChI is InChI=1S/C16H20N4O/c17-8-7-16(21)18-13-3-5-14(6-4-13)20-11-10-19-9-1-2-15(19)12-20/h3-6,15H,1-2,7,9-12H2,(H,18,21). The molecule has 1 aromatic carbocycles. The second-order valence-corrected chi connectivity index (χ2v) is 5.71. The van der Waals surface area contributed by atoms with Gasteiger partial charge < -0.3 is 10.2 Å². The monoisotopic (exact) mass is 284 g/mol. The molecule has 5 nitrogen and oxygen atoms in total. The van der Waals surface area contributed by atoms with E-state index in [4.69, 9.17) is 5.26 Å². The fraction of sp³-hybridized carbons (Fsp3) is 0.500. The van der Waals surface area contributed by atoms with Crippen molar-refractivity contribution >= 4 is 17.3 Å². The lowest BCUT2D eigenvalue weighted by atomic mass is 10.1. The number of carbonyl (C=O) groups is 1. The van der Waals surface area contributed by atoms with Gasteiger partial charge in [-0.2, -0.15) is 5.26 Å².